The van der Waals surface area contributed by atoms with E-state index < -0.39 is 5.97 Å². The number of aliphatic carboxylic acids is 1. The number of hydrogen-bond acceptors (Lipinski definition) is 1. The van der Waals surface area contributed by atoms with Crippen LogP contribution in [0, 0.1) is 0 Å². The van der Waals surface area contributed by atoms with E-state index >= 15 is 0 Å². The van der Waals surface area contributed by atoms with Gasteiger partial charge in [0.15, 0.2) is 0 Å². The molecule has 0 aliphatic rings. The van der Waals surface area contributed by atoms with Crippen LogP contribution in [0.15, 0.2) is 72.9 Å². The van der Waals surface area contributed by atoms with Crippen molar-refractivity contribution in [1.29, 1.82) is 0 Å². The first kappa shape index (κ1) is 21.9. The lowest BCUT2D eigenvalue weighted by Crippen LogP contribution is -1.91. The third kappa shape index (κ3) is 19.9. The van der Waals surface area contributed by atoms with Gasteiger partial charge in [0.1, 0.15) is 0 Å². The van der Waals surface area contributed by atoms with Gasteiger partial charge in [0.2, 0.25) is 0 Å². The van der Waals surface area contributed by atoms with Gasteiger partial charge in [-0.05, 0) is 38.5 Å². The number of unbranched alkanes of at least 4 members (excludes halogenated alkanes) is 1. The molecule has 0 bridgehead atoms. The van der Waals surface area contributed by atoms with Crippen molar-refractivity contribution in [1.82, 2.24) is 0 Å². The molecule has 0 aromatic heterocycles. The van der Waals surface area contributed by atoms with Crippen LogP contribution in [0.3, 0.4) is 0 Å². The number of carbonyl (C=O) groups is 1. The molecule has 0 fully saturated rings. The Morgan fingerprint density at radius 1 is 0.667 bits per heavy atom. The summed E-state index contributed by atoms with van der Waals surface area (Å²) in [4.78, 5) is 10.3. The van der Waals surface area contributed by atoms with Crippen molar-refractivity contribution in [3.8, 4) is 0 Å². The highest BCUT2D eigenvalue weighted by atomic mass is 16.4. The van der Waals surface area contributed by atoms with Crippen LogP contribution in [0.25, 0.3) is 0 Å². The summed E-state index contributed by atoms with van der Waals surface area (Å²) in [5.74, 6) is -0.741. The zero-order valence-corrected chi connectivity index (χ0v) is 14.9. The predicted octanol–water partition coefficient (Wildman–Crippen LogP) is 6.55. The zero-order valence-electron chi connectivity index (χ0n) is 14.9. The number of allylic oxidation sites excluding steroid dienone is 12. The lowest BCUT2D eigenvalue weighted by Gasteiger charge is -1.87. The molecule has 24 heavy (non-hydrogen) atoms. The van der Waals surface area contributed by atoms with Crippen molar-refractivity contribution in [2.75, 3.05) is 0 Å². The normalized spacial score (nSPS) is 13.0. The van der Waals surface area contributed by atoms with E-state index in [9.17, 15) is 4.79 Å². The van der Waals surface area contributed by atoms with Gasteiger partial charge >= 0.3 is 5.97 Å². The molecule has 2 heteroatoms. The fraction of sp³-hybridized carbons (Fsp3) is 0.409. The van der Waals surface area contributed by atoms with Crippen molar-refractivity contribution in [3.63, 3.8) is 0 Å². The van der Waals surface area contributed by atoms with Crippen LogP contribution >= 0.6 is 0 Å². The molecule has 0 heterocycles. The number of rotatable bonds is 14. The Morgan fingerprint density at radius 3 is 1.62 bits per heavy atom. The maximum Gasteiger partial charge on any atom is 0.303 e. The Labute approximate surface area is 147 Å². The van der Waals surface area contributed by atoms with Crippen molar-refractivity contribution in [2.45, 2.75) is 58.3 Å². The fourth-order valence-corrected chi connectivity index (χ4v) is 1.81. The van der Waals surface area contributed by atoms with Gasteiger partial charge in [-0.1, -0.05) is 86.3 Å². The smallest absolute Gasteiger partial charge is 0.303 e. The second-order valence-electron chi connectivity index (χ2n) is 5.41. The molecule has 0 saturated carbocycles. The summed E-state index contributed by atoms with van der Waals surface area (Å²) in [6.45, 7) is 2.18. The standard InChI is InChI=1S/C22H32O2/c1-2-3-4-5-6-7-8-9-10-11-12-13-14-15-16-17-18-19-20-21-22(23)24/h4-7,9-10,12-13,15-16,18-19H,2-3,8,11,14,17,20-21H2,1H3,(H,23,24)/b5-4+,7-6+,10-9+,13-12+,16-15+,19-18-. The van der Waals surface area contributed by atoms with E-state index in [1.807, 2.05) is 12.2 Å². The molecule has 0 aliphatic carbocycles. The van der Waals surface area contributed by atoms with Crippen molar-refractivity contribution in [2.24, 2.45) is 0 Å². The maximum absolute atomic E-state index is 10.3. The number of carboxylic acid groups (broad SMARTS) is 1. The Morgan fingerprint density at radius 2 is 1.12 bits per heavy atom. The van der Waals surface area contributed by atoms with Gasteiger partial charge in [0.25, 0.3) is 0 Å². The van der Waals surface area contributed by atoms with E-state index in [2.05, 4.69) is 67.7 Å². The third-order valence-electron chi connectivity index (χ3n) is 3.12. The summed E-state index contributed by atoms with van der Waals surface area (Å²) >= 11 is 0. The number of hydrogen-bond donors (Lipinski definition) is 1. The first-order valence-electron chi connectivity index (χ1n) is 8.90. The molecule has 0 unspecified atom stereocenters. The summed E-state index contributed by atoms with van der Waals surface area (Å²) in [5, 5.41) is 8.49. The highest BCUT2D eigenvalue weighted by Crippen LogP contribution is 1.97. The van der Waals surface area contributed by atoms with Gasteiger partial charge in [-0.2, -0.15) is 0 Å². The van der Waals surface area contributed by atoms with Crippen LogP contribution in [0.4, 0.5) is 0 Å². The van der Waals surface area contributed by atoms with Gasteiger partial charge in [-0.15, -0.1) is 0 Å². The average Bonchev–Trinajstić information content (AvgIpc) is 2.56. The Hall–Kier alpha value is -2.09. The summed E-state index contributed by atoms with van der Waals surface area (Å²) in [5.41, 5.74) is 0. The Balaban J connectivity index is 3.53. The van der Waals surface area contributed by atoms with Crippen LogP contribution in [0.1, 0.15) is 58.3 Å². The minimum atomic E-state index is -0.741. The SMILES string of the molecule is CCC/C=C/C=C/C/C=C/C/C=C/C/C=C/C/C=C\CCC(=O)O. The summed E-state index contributed by atoms with van der Waals surface area (Å²) in [6.07, 6.45) is 32.4. The monoisotopic (exact) mass is 328 g/mol. The lowest BCUT2D eigenvalue weighted by atomic mass is 10.2. The molecule has 0 amide bonds. The van der Waals surface area contributed by atoms with Gasteiger partial charge < -0.3 is 5.11 Å². The van der Waals surface area contributed by atoms with E-state index in [1.165, 1.54) is 6.42 Å². The zero-order chi connectivity index (χ0) is 17.7. The molecule has 1 N–H and O–H groups in total. The number of carboxylic acids is 1. The van der Waals surface area contributed by atoms with Crippen LogP contribution in [0.5, 0.6) is 0 Å². The molecule has 0 spiro atoms. The van der Waals surface area contributed by atoms with Crippen LogP contribution in [-0.4, -0.2) is 11.1 Å². The minimum absolute atomic E-state index is 0.210. The molecule has 0 atom stereocenters. The van der Waals surface area contributed by atoms with Crippen molar-refractivity contribution < 1.29 is 9.90 Å². The topological polar surface area (TPSA) is 37.3 Å². The quantitative estimate of drug-likeness (QED) is 0.290. The first-order valence-corrected chi connectivity index (χ1v) is 8.90. The van der Waals surface area contributed by atoms with Gasteiger partial charge in [0.05, 0.1) is 0 Å². The molecule has 132 valence electrons. The van der Waals surface area contributed by atoms with Crippen molar-refractivity contribution in [3.05, 3.63) is 72.9 Å². The molecular weight excluding hydrogens is 296 g/mol. The minimum Gasteiger partial charge on any atom is -0.481 e. The highest BCUT2D eigenvalue weighted by molar-refractivity contribution is 5.66. The molecule has 0 aromatic carbocycles. The van der Waals surface area contributed by atoms with Crippen LogP contribution in [0.2, 0.25) is 0 Å². The lowest BCUT2D eigenvalue weighted by molar-refractivity contribution is -0.136. The van der Waals surface area contributed by atoms with E-state index in [0.717, 1.165) is 32.1 Å². The van der Waals surface area contributed by atoms with E-state index in [1.54, 1.807) is 0 Å². The second-order valence-corrected chi connectivity index (χ2v) is 5.41. The summed E-state index contributed by atoms with van der Waals surface area (Å²) in [6, 6.07) is 0. The van der Waals surface area contributed by atoms with E-state index in [0.29, 0.717) is 6.42 Å². The van der Waals surface area contributed by atoms with Crippen molar-refractivity contribution >= 4 is 5.97 Å². The molecule has 0 rings (SSSR count). The van der Waals surface area contributed by atoms with Crippen LogP contribution < -0.4 is 0 Å². The molecule has 0 radical (unpaired) electrons. The molecule has 0 aliphatic heterocycles. The highest BCUT2D eigenvalue weighted by Gasteiger charge is 1.90. The largest absolute Gasteiger partial charge is 0.481 e. The van der Waals surface area contributed by atoms with Crippen LogP contribution in [-0.2, 0) is 4.79 Å². The van der Waals surface area contributed by atoms with Gasteiger partial charge in [-0.25, -0.2) is 0 Å². The maximum atomic E-state index is 10.3. The van der Waals surface area contributed by atoms with E-state index in [4.69, 9.17) is 5.11 Å². The molecule has 2 nitrogen and oxygen atoms in total. The predicted molar refractivity (Wildman–Crippen MR) is 105 cm³/mol. The summed E-state index contributed by atoms with van der Waals surface area (Å²) in [7, 11) is 0. The Kier molecular flexibility index (Phi) is 17.3. The third-order valence-corrected chi connectivity index (χ3v) is 3.12. The fourth-order valence-electron chi connectivity index (χ4n) is 1.81. The second kappa shape index (κ2) is 19.0. The average molecular weight is 328 g/mol. The van der Waals surface area contributed by atoms with E-state index in [-0.39, 0.29) is 6.42 Å². The molecule has 0 saturated heterocycles. The summed E-state index contributed by atoms with van der Waals surface area (Å²) < 4.78 is 0. The van der Waals surface area contributed by atoms with Gasteiger partial charge in [-0.3, -0.25) is 4.79 Å². The molecule has 0 aromatic rings. The molecular formula is C22H32O2. The Bertz CT molecular complexity index is 462. The van der Waals surface area contributed by atoms with Gasteiger partial charge in [0, 0.05) is 6.42 Å². The first-order chi connectivity index (χ1) is 11.8.